The van der Waals surface area contributed by atoms with Gasteiger partial charge in [-0.25, -0.2) is 4.68 Å². The summed E-state index contributed by atoms with van der Waals surface area (Å²) in [5, 5.41) is 7.44. The number of carbonyl (C=O) groups is 1. The molecule has 1 saturated heterocycles. The number of nitrogens with one attached hydrogen (secondary N) is 1. The minimum atomic E-state index is -0.166. The van der Waals surface area contributed by atoms with Gasteiger partial charge in [0.1, 0.15) is 17.1 Å². The maximum atomic E-state index is 12.8. The van der Waals surface area contributed by atoms with E-state index in [-0.39, 0.29) is 17.6 Å². The highest BCUT2D eigenvalue weighted by molar-refractivity contribution is 5.83. The van der Waals surface area contributed by atoms with Crippen LogP contribution < -0.4 is 10.9 Å². The lowest BCUT2D eigenvalue weighted by Crippen LogP contribution is -2.32. The predicted octanol–water partition coefficient (Wildman–Crippen LogP) is 2.19. The van der Waals surface area contributed by atoms with Gasteiger partial charge in [0, 0.05) is 44.7 Å². The second kappa shape index (κ2) is 7.79. The summed E-state index contributed by atoms with van der Waals surface area (Å²) in [5.74, 6) is 1.59. The van der Waals surface area contributed by atoms with Gasteiger partial charge in [0.2, 0.25) is 5.91 Å². The highest BCUT2D eigenvalue weighted by Crippen LogP contribution is 2.23. The smallest absolute Gasteiger partial charge is 0.291 e. The molecule has 0 unspecified atom stereocenters. The number of aryl methyl sites for hydroxylation is 3. The van der Waals surface area contributed by atoms with Crippen molar-refractivity contribution in [3.63, 3.8) is 0 Å². The maximum absolute atomic E-state index is 12.8. The van der Waals surface area contributed by atoms with Gasteiger partial charge in [0.15, 0.2) is 5.58 Å². The van der Waals surface area contributed by atoms with Crippen LogP contribution >= 0.6 is 0 Å². The number of hydrogen-bond donors (Lipinski definition) is 1. The Bertz CT molecular complexity index is 1060. The Hall–Kier alpha value is -2.61. The van der Waals surface area contributed by atoms with E-state index in [4.69, 9.17) is 9.15 Å². The first-order valence-electron chi connectivity index (χ1n) is 9.96. The molecule has 0 saturated carbocycles. The normalized spacial score (nSPS) is 17.0. The number of carbonyl (C=O) groups excluding carboxylic acids is 1. The molecular formula is C20H26N4O4. The van der Waals surface area contributed by atoms with Crippen LogP contribution in [0.4, 0.5) is 0 Å². The zero-order valence-electron chi connectivity index (χ0n) is 16.4. The summed E-state index contributed by atoms with van der Waals surface area (Å²) in [4.78, 5) is 24.9. The van der Waals surface area contributed by atoms with Crippen LogP contribution in [0.1, 0.15) is 44.2 Å². The van der Waals surface area contributed by atoms with E-state index >= 15 is 0 Å². The van der Waals surface area contributed by atoms with Gasteiger partial charge in [-0.2, -0.15) is 5.10 Å². The van der Waals surface area contributed by atoms with Gasteiger partial charge >= 0.3 is 0 Å². The minimum Gasteiger partial charge on any atom is -0.460 e. The van der Waals surface area contributed by atoms with Crippen molar-refractivity contribution in [3.05, 3.63) is 34.1 Å². The number of amides is 1. The first-order chi connectivity index (χ1) is 13.6. The Balaban J connectivity index is 1.45. The molecule has 8 nitrogen and oxygen atoms in total. The Labute approximate surface area is 162 Å². The zero-order chi connectivity index (χ0) is 19.7. The lowest BCUT2D eigenvalue weighted by atomic mass is 10.2. The quantitative estimate of drug-likeness (QED) is 0.672. The molecule has 0 aliphatic carbocycles. The molecule has 1 amide bonds. The van der Waals surface area contributed by atoms with E-state index in [2.05, 4.69) is 10.4 Å². The number of fused-ring (bicyclic) bond motifs is 3. The summed E-state index contributed by atoms with van der Waals surface area (Å²) in [5.41, 5.74) is 1.96. The Kier molecular flexibility index (Phi) is 5.21. The SMILES string of the molecule is CCc1nn(CCCC(=O)NC[C@H]2CCCO2)c(=O)c2cc3oc(C)cc3n12. The number of aromatic nitrogens is 3. The van der Waals surface area contributed by atoms with E-state index in [1.807, 2.05) is 24.3 Å². The minimum absolute atomic E-state index is 0.0176. The van der Waals surface area contributed by atoms with Crippen LogP contribution in [0.5, 0.6) is 0 Å². The fraction of sp³-hybridized carbons (Fsp3) is 0.550. The maximum Gasteiger partial charge on any atom is 0.291 e. The number of hydrogen-bond acceptors (Lipinski definition) is 5. The van der Waals surface area contributed by atoms with E-state index in [1.165, 1.54) is 4.68 Å². The van der Waals surface area contributed by atoms with E-state index in [1.54, 1.807) is 6.07 Å². The molecule has 3 aromatic heterocycles. The van der Waals surface area contributed by atoms with E-state index < -0.39 is 0 Å². The van der Waals surface area contributed by atoms with Crippen LogP contribution in [0.15, 0.2) is 21.3 Å². The summed E-state index contributed by atoms with van der Waals surface area (Å²) in [6.07, 6.45) is 3.79. The molecule has 1 aliphatic heterocycles. The summed E-state index contributed by atoms with van der Waals surface area (Å²) >= 11 is 0. The molecule has 1 atom stereocenters. The highest BCUT2D eigenvalue weighted by atomic mass is 16.5. The van der Waals surface area contributed by atoms with Crippen molar-refractivity contribution in [2.45, 2.75) is 58.6 Å². The van der Waals surface area contributed by atoms with Gasteiger partial charge in [0.25, 0.3) is 5.56 Å². The molecule has 8 heteroatoms. The van der Waals surface area contributed by atoms with Crippen molar-refractivity contribution < 1.29 is 13.9 Å². The monoisotopic (exact) mass is 386 g/mol. The highest BCUT2D eigenvalue weighted by Gasteiger charge is 2.17. The van der Waals surface area contributed by atoms with Crippen molar-refractivity contribution in [3.8, 4) is 0 Å². The number of nitrogens with zero attached hydrogens (tertiary/aromatic N) is 3. The van der Waals surface area contributed by atoms with Crippen molar-refractivity contribution in [2.24, 2.45) is 0 Å². The van der Waals surface area contributed by atoms with E-state index in [9.17, 15) is 9.59 Å². The van der Waals surface area contributed by atoms with Crippen molar-refractivity contribution in [1.82, 2.24) is 19.5 Å². The van der Waals surface area contributed by atoms with Gasteiger partial charge in [-0.1, -0.05) is 6.92 Å². The van der Waals surface area contributed by atoms with Gasteiger partial charge in [-0.05, 0) is 26.2 Å². The zero-order valence-corrected chi connectivity index (χ0v) is 16.4. The van der Waals surface area contributed by atoms with Crippen LogP contribution in [0, 0.1) is 6.92 Å². The van der Waals surface area contributed by atoms with Gasteiger partial charge in [0.05, 0.1) is 11.6 Å². The lowest BCUT2D eigenvalue weighted by molar-refractivity contribution is -0.121. The predicted molar refractivity (Wildman–Crippen MR) is 105 cm³/mol. The topological polar surface area (TPSA) is 90.8 Å². The van der Waals surface area contributed by atoms with E-state index in [0.29, 0.717) is 43.5 Å². The van der Waals surface area contributed by atoms with Crippen LogP contribution in [-0.4, -0.2) is 39.3 Å². The molecule has 1 aliphatic rings. The van der Waals surface area contributed by atoms with Crippen molar-refractivity contribution in [1.29, 1.82) is 0 Å². The second-order valence-corrected chi connectivity index (χ2v) is 7.31. The first kappa shape index (κ1) is 18.7. The molecular weight excluding hydrogens is 360 g/mol. The molecule has 150 valence electrons. The summed E-state index contributed by atoms with van der Waals surface area (Å²) in [6.45, 7) is 5.64. The molecule has 28 heavy (non-hydrogen) atoms. The number of furan rings is 1. The number of ether oxygens (including phenoxy) is 1. The fourth-order valence-corrected chi connectivity index (χ4v) is 3.80. The third-order valence-electron chi connectivity index (χ3n) is 5.20. The third-order valence-corrected chi connectivity index (χ3v) is 5.20. The molecule has 0 aromatic carbocycles. The third kappa shape index (κ3) is 3.56. The second-order valence-electron chi connectivity index (χ2n) is 7.31. The van der Waals surface area contributed by atoms with Crippen molar-refractivity contribution >= 4 is 22.5 Å². The Morgan fingerprint density at radius 3 is 2.96 bits per heavy atom. The van der Waals surface area contributed by atoms with Crippen LogP contribution in [-0.2, 0) is 22.5 Å². The van der Waals surface area contributed by atoms with Gasteiger partial charge in [-0.3, -0.25) is 14.0 Å². The van der Waals surface area contributed by atoms with Gasteiger partial charge in [-0.15, -0.1) is 0 Å². The largest absolute Gasteiger partial charge is 0.460 e. The average molecular weight is 386 g/mol. The standard InChI is InChI=1S/C20H26N4O4/c1-3-18-22-23(8-4-7-19(25)21-12-14-6-5-9-27-14)20(26)16-11-17-15(24(16)18)10-13(2)28-17/h10-11,14H,3-9,12H2,1-2H3,(H,21,25)/t14-/m1/s1. The Morgan fingerprint density at radius 2 is 2.21 bits per heavy atom. The van der Waals surface area contributed by atoms with Crippen LogP contribution in [0.25, 0.3) is 16.6 Å². The summed E-state index contributed by atoms with van der Waals surface area (Å²) in [6, 6.07) is 3.70. The molecule has 1 fully saturated rings. The lowest BCUT2D eigenvalue weighted by Gasteiger charge is -2.11. The fourth-order valence-electron chi connectivity index (χ4n) is 3.80. The molecule has 4 rings (SSSR count). The summed E-state index contributed by atoms with van der Waals surface area (Å²) < 4.78 is 14.5. The van der Waals surface area contributed by atoms with Crippen LogP contribution in [0.3, 0.4) is 0 Å². The Morgan fingerprint density at radius 1 is 1.36 bits per heavy atom. The first-order valence-corrected chi connectivity index (χ1v) is 9.96. The molecule has 0 spiro atoms. The van der Waals surface area contributed by atoms with Crippen molar-refractivity contribution in [2.75, 3.05) is 13.2 Å². The molecule has 4 heterocycles. The van der Waals surface area contributed by atoms with Crippen LogP contribution in [0.2, 0.25) is 0 Å². The van der Waals surface area contributed by atoms with E-state index in [0.717, 1.165) is 36.5 Å². The molecule has 0 bridgehead atoms. The summed E-state index contributed by atoms with van der Waals surface area (Å²) in [7, 11) is 0. The number of rotatable bonds is 7. The average Bonchev–Trinajstić information content (AvgIpc) is 3.38. The molecule has 3 aromatic rings. The molecule has 0 radical (unpaired) electrons. The van der Waals surface area contributed by atoms with Gasteiger partial charge < -0.3 is 14.5 Å². The molecule has 1 N–H and O–H groups in total.